The van der Waals surface area contributed by atoms with Crippen molar-refractivity contribution in [2.24, 2.45) is 11.8 Å². The Balaban J connectivity index is 1.87. The van der Waals surface area contributed by atoms with Gasteiger partial charge >= 0.3 is 0 Å². The van der Waals surface area contributed by atoms with Crippen LogP contribution in [0.25, 0.3) is 11.2 Å². The summed E-state index contributed by atoms with van der Waals surface area (Å²) in [5.74, 6) is 2.16. The third-order valence-corrected chi connectivity index (χ3v) is 4.02. The summed E-state index contributed by atoms with van der Waals surface area (Å²) in [4.78, 5) is 8.78. The molecule has 2 aromatic heterocycles. The third-order valence-electron chi connectivity index (χ3n) is 4.02. The van der Waals surface area contributed by atoms with Crippen molar-refractivity contribution in [1.82, 2.24) is 14.5 Å². The molecule has 2 aromatic rings. The number of anilines is 1. The number of nitrogen functional groups attached to an aromatic ring is 1. The van der Waals surface area contributed by atoms with Crippen LogP contribution in [0.1, 0.15) is 32.6 Å². The van der Waals surface area contributed by atoms with E-state index in [1.54, 1.807) is 0 Å². The van der Waals surface area contributed by atoms with Gasteiger partial charge in [0, 0.05) is 12.7 Å². The van der Waals surface area contributed by atoms with Crippen molar-refractivity contribution in [3.63, 3.8) is 0 Å². The van der Waals surface area contributed by atoms with Crippen LogP contribution in [-0.2, 0) is 6.54 Å². The molecule has 0 spiro atoms. The molecule has 2 unspecified atom stereocenters. The number of nitrogens with zero attached hydrogens (tertiary/aromatic N) is 3. The van der Waals surface area contributed by atoms with Gasteiger partial charge in [-0.05, 0) is 36.8 Å². The van der Waals surface area contributed by atoms with E-state index in [0.29, 0.717) is 5.95 Å². The first-order valence-electron chi connectivity index (χ1n) is 6.81. The lowest BCUT2D eigenvalue weighted by atomic mass is 9.82. The van der Waals surface area contributed by atoms with Crippen molar-refractivity contribution in [2.75, 3.05) is 5.73 Å². The average Bonchev–Trinajstić information content (AvgIpc) is 2.66. The lowest BCUT2D eigenvalue weighted by Crippen LogP contribution is -2.19. The SMILES string of the molecule is CC1CCCC(Cn2c(N)nc3cccnc32)C1. The van der Waals surface area contributed by atoms with Crippen molar-refractivity contribution < 1.29 is 0 Å². The van der Waals surface area contributed by atoms with Crippen molar-refractivity contribution in [2.45, 2.75) is 39.2 Å². The van der Waals surface area contributed by atoms with Crippen LogP contribution in [0.4, 0.5) is 5.95 Å². The van der Waals surface area contributed by atoms with Crippen LogP contribution in [0.2, 0.25) is 0 Å². The summed E-state index contributed by atoms with van der Waals surface area (Å²) in [5.41, 5.74) is 7.84. The highest BCUT2D eigenvalue weighted by molar-refractivity contribution is 5.73. The molecule has 1 fully saturated rings. The lowest BCUT2D eigenvalue weighted by Gasteiger charge is -2.27. The van der Waals surface area contributed by atoms with E-state index in [9.17, 15) is 0 Å². The fourth-order valence-corrected chi connectivity index (χ4v) is 3.14. The number of nitrogens with two attached hydrogens (primary N) is 1. The largest absolute Gasteiger partial charge is 0.369 e. The molecule has 96 valence electrons. The Hall–Kier alpha value is -1.58. The summed E-state index contributed by atoms with van der Waals surface area (Å²) in [5, 5.41) is 0. The van der Waals surface area contributed by atoms with Gasteiger partial charge in [-0.15, -0.1) is 0 Å². The van der Waals surface area contributed by atoms with Gasteiger partial charge in [0.25, 0.3) is 0 Å². The molecule has 0 radical (unpaired) electrons. The quantitative estimate of drug-likeness (QED) is 0.883. The Morgan fingerprint density at radius 3 is 3.17 bits per heavy atom. The molecule has 0 aromatic carbocycles. The molecule has 0 saturated heterocycles. The minimum Gasteiger partial charge on any atom is -0.369 e. The molecule has 1 saturated carbocycles. The van der Waals surface area contributed by atoms with Crippen molar-refractivity contribution in [3.8, 4) is 0 Å². The predicted octanol–water partition coefficient (Wildman–Crippen LogP) is 2.84. The van der Waals surface area contributed by atoms with Gasteiger partial charge in [0.05, 0.1) is 0 Å². The molecule has 1 aliphatic rings. The van der Waals surface area contributed by atoms with Crippen LogP contribution in [0.15, 0.2) is 18.3 Å². The molecule has 3 rings (SSSR count). The molecule has 0 aliphatic heterocycles. The van der Waals surface area contributed by atoms with Gasteiger partial charge in [-0.2, -0.15) is 0 Å². The standard InChI is InChI=1S/C14H20N4/c1-10-4-2-5-11(8-10)9-18-13-12(17-14(18)15)6-3-7-16-13/h3,6-7,10-11H,2,4-5,8-9H2,1H3,(H2,15,17). The summed E-state index contributed by atoms with van der Waals surface area (Å²) >= 11 is 0. The molecule has 2 heterocycles. The van der Waals surface area contributed by atoms with Crippen LogP contribution in [0, 0.1) is 11.8 Å². The number of pyridine rings is 1. The van der Waals surface area contributed by atoms with Crippen molar-refractivity contribution in [1.29, 1.82) is 0 Å². The first-order valence-corrected chi connectivity index (χ1v) is 6.81. The molecule has 1 aliphatic carbocycles. The van der Waals surface area contributed by atoms with E-state index in [-0.39, 0.29) is 0 Å². The zero-order valence-electron chi connectivity index (χ0n) is 10.8. The molecular formula is C14H20N4. The number of fused-ring (bicyclic) bond motifs is 1. The maximum atomic E-state index is 6.02. The van der Waals surface area contributed by atoms with E-state index in [1.165, 1.54) is 25.7 Å². The fourth-order valence-electron chi connectivity index (χ4n) is 3.14. The molecule has 18 heavy (non-hydrogen) atoms. The van der Waals surface area contributed by atoms with E-state index in [1.807, 2.05) is 18.3 Å². The highest BCUT2D eigenvalue weighted by Crippen LogP contribution is 2.31. The van der Waals surface area contributed by atoms with Crippen molar-refractivity contribution in [3.05, 3.63) is 18.3 Å². The molecule has 0 amide bonds. The fraction of sp³-hybridized carbons (Fsp3) is 0.571. The summed E-state index contributed by atoms with van der Waals surface area (Å²) < 4.78 is 2.08. The van der Waals surface area contributed by atoms with Gasteiger partial charge < -0.3 is 5.73 Å². The maximum absolute atomic E-state index is 6.02. The predicted molar refractivity (Wildman–Crippen MR) is 73.1 cm³/mol. The van der Waals surface area contributed by atoms with Crippen LogP contribution >= 0.6 is 0 Å². The number of rotatable bonds is 2. The van der Waals surface area contributed by atoms with E-state index in [2.05, 4.69) is 21.5 Å². The van der Waals surface area contributed by atoms with Gasteiger partial charge in [0.1, 0.15) is 5.52 Å². The number of imidazole rings is 1. The summed E-state index contributed by atoms with van der Waals surface area (Å²) in [7, 11) is 0. The van der Waals surface area contributed by atoms with Crippen LogP contribution in [-0.4, -0.2) is 14.5 Å². The minimum atomic E-state index is 0.599. The highest BCUT2D eigenvalue weighted by Gasteiger charge is 2.21. The Morgan fingerprint density at radius 1 is 1.44 bits per heavy atom. The Labute approximate surface area is 107 Å². The van der Waals surface area contributed by atoms with Crippen molar-refractivity contribution >= 4 is 17.1 Å². The van der Waals surface area contributed by atoms with Crippen LogP contribution < -0.4 is 5.73 Å². The third kappa shape index (κ3) is 2.07. The van der Waals surface area contributed by atoms with E-state index >= 15 is 0 Å². The monoisotopic (exact) mass is 244 g/mol. The minimum absolute atomic E-state index is 0.599. The van der Waals surface area contributed by atoms with Crippen LogP contribution in [0.3, 0.4) is 0 Å². The normalized spacial score (nSPS) is 24.5. The smallest absolute Gasteiger partial charge is 0.202 e. The first-order chi connectivity index (χ1) is 8.74. The highest BCUT2D eigenvalue weighted by atomic mass is 15.2. The van der Waals surface area contributed by atoms with E-state index < -0.39 is 0 Å². The second kappa shape index (κ2) is 4.59. The van der Waals surface area contributed by atoms with Gasteiger partial charge in [0.2, 0.25) is 5.95 Å². The Morgan fingerprint density at radius 2 is 2.33 bits per heavy atom. The molecule has 4 heteroatoms. The topological polar surface area (TPSA) is 56.7 Å². The second-order valence-electron chi connectivity index (χ2n) is 5.56. The molecular weight excluding hydrogens is 224 g/mol. The van der Waals surface area contributed by atoms with Gasteiger partial charge in [-0.25, -0.2) is 9.97 Å². The van der Waals surface area contributed by atoms with Gasteiger partial charge in [-0.3, -0.25) is 4.57 Å². The average molecular weight is 244 g/mol. The van der Waals surface area contributed by atoms with E-state index in [4.69, 9.17) is 5.73 Å². The number of hydrogen-bond donors (Lipinski definition) is 1. The summed E-state index contributed by atoms with van der Waals surface area (Å²) in [6.45, 7) is 3.31. The molecule has 2 atom stereocenters. The Bertz CT molecular complexity index is 546. The molecule has 4 nitrogen and oxygen atoms in total. The number of hydrogen-bond acceptors (Lipinski definition) is 3. The zero-order valence-corrected chi connectivity index (χ0v) is 10.8. The van der Waals surface area contributed by atoms with Gasteiger partial charge in [-0.1, -0.05) is 19.8 Å². The lowest BCUT2D eigenvalue weighted by molar-refractivity contribution is 0.259. The molecule has 2 N–H and O–H groups in total. The van der Waals surface area contributed by atoms with Crippen LogP contribution in [0.5, 0.6) is 0 Å². The van der Waals surface area contributed by atoms with E-state index in [0.717, 1.165) is 29.5 Å². The van der Waals surface area contributed by atoms with Gasteiger partial charge in [0.15, 0.2) is 5.65 Å². The summed E-state index contributed by atoms with van der Waals surface area (Å²) in [6.07, 6.45) is 7.12. The summed E-state index contributed by atoms with van der Waals surface area (Å²) in [6, 6.07) is 3.88. The number of aromatic nitrogens is 3. The second-order valence-corrected chi connectivity index (χ2v) is 5.56. The maximum Gasteiger partial charge on any atom is 0.202 e. The Kier molecular flexibility index (Phi) is 2.94. The molecule has 0 bridgehead atoms. The zero-order chi connectivity index (χ0) is 12.5. The first kappa shape index (κ1) is 11.5.